The van der Waals surface area contributed by atoms with Gasteiger partial charge in [0.05, 0.1) is 11.2 Å². The van der Waals surface area contributed by atoms with Crippen LogP contribution in [0.3, 0.4) is 0 Å². The molecule has 2 aromatic carbocycles. The predicted molar refractivity (Wildman–Crippen MR) is 117 cm³/mol. The maximum absolute atomic E-state index is 13.0. The molecule has 0 radical (unpaired) electrons. The summed E-state index contributed by atoms with van der Waals surface area (Å²) in [7, 11) is -0.597. The third-order valence-electron chi connectivity index (χ3n) is 6.39. The second-order valence-electron chi connectivity index (χ2n) is 9.21. The zero-order chi connectivity index (χ0) is 24.1. The van der Waals surface area contributed by atoms with Crippen molar-refractivity contribution in [3.8, 4) is 0 Å². The van der Waals surface area contributed by atoms with Crippen molar-refractivity contribution in [1.82, 2.24) is 0 Å². The van der Waals surface area contributed by atoms with Crippen molar-refractivity contribution in [3.05, 3.63) is 59.2 Å². The van der Waals surface area contributed by atoms with Crippen LogP contribution in [0.25, 0.3) is 0 Å². The van der Waals surface area contributed by atoms with Crippen molar-refractivity contribution in [2.75, 3.05) is 5.32 Å². The highest BCUT2D eigenvalue weighted by atomic mass is 19.4. The zero-order valence-electron chi connectivity index (χ0n) is 18.9. The lowest BCUT2D eigenvalue weighted by Gasteiger charge is -2.32. The van der Waals surface area contributed by atoms with Gasteiger partial charge in [-0.15, -0.1) is 0 Å². The molecule has 2 aromatic rings. The fourth-order valence-corrected chi connectivity index (χ4v) is 3.32. The topological polar surface area (TPSA) is 67.8 Å². The van der Waals surface area contributed by atoms with Crippen molar-refractivity contribution < 1.29 is 32.4 Å². The number of rotatable bonds is 4. The SMILES string of the molecule is Cc1c(NC(=O)c2ccc(C(C)(O)C(F)(F)F)cc2)cccc1B1OC(C)(C)C(C)(C)O1. The monoisotopic (exact) mass is 449 g/mol. The molecule has 0 saturated carbocycles. The van der Waals surface area contributed by atoms with Gasteiger partial charge in [-0.1, -0.05) is 24.3 Å². The van der Waals surface area contributed by atoms with Crippen molar-refractivity contribution in [1.29, 1.82) is 0 Å². The number of hydrogen-bond donors (Lipinski definition) is 2. The summed E-state index contributed by atoms with van der Waals surface area (Å²) in [6.07, 6.45) is -4.83. The van der Waals surface area contributed by atoms with Crippen molar-refractivity contribution in [2.45, 2.75) is 64.5 Å². The van der Waals surface area contributed by atoms with Gasteiger partial charge in [0, 0.05) is 11.3 Å². The highest BCUT2D eigenvalue weighted by molar-refractivity contribution is 6.62. The molecule has 9 heteroatoms. The molecular formula is C23H27BF3NO4. The third-order valence-corrected chi connectivity index (χ3v) is 6.39. The number of carbonyl (C=O) groups excluding carboxylic acids is 1. The van der Waals surface area contributed by atoms with Gasteiger partial charge in [-0.25, -0.2) is 0 Å². The lowest BCUT2D eigenvalue weighted by Crippen LogP contribution is -2.41. The van der Waals surface area contributed by atoms with Gasteiger partial charge >= 0.3 is 13.3 Å². The molecule has 172 valence electrons. The van der Waals surface area contributed by atoms with Crippen molar-refractivity contribution in [2.24, 2.45) is 0 Å². The maximum atomic E-state index is 13.0. The Hall–Kier alpha value is -2.36. The number of hydrogen-bond acceptors (Lipinski definition) is 4. The Morgan fingerprint density at radius 1 is 1.00 bits per heavy atom. The fraction of sp³-hybridized carbons (Fsp3) is 0.435. The van der Waals surface area contributed by atoms with Crippen LogP contribution < -0.4 is 10.8 Å². The highest BCUT2D eigenvalue weighted by Crippen LogP contribution is 2.39. The molecule has 0 spiro atoms. The van der Waals surface area contributed by atoms with Crippen LogP contribution in [0.1, 0.15) is 56.1 Å². The number of benzene rings is 2. The largest absolute Gasteiger partial charge is 0.495 e. The number of amides is 1. The number of carbonyl (C=O) groups is 1. The van der Waals surface area contributed by atoms with Gasteiger partial charge in [-0.2, -0.15) is 13.2 Å². The first-order valence-corrected chi connectivity index (χ1v) is 10.2. The molecule has 5 nitrogen and oxygen atoms in total. The van der Waals surface area contributed by atoms with Crippen LogP contribution in [-0.2, 0) is 14.9 Å². The second kappa shape index (κ2) is 7.90. The smallest absolute Gasteiger partial charge is 0.399 e. The summed E-state index contributed by atoms with van der Waals surface area (Å²) in [5.74, 6) is -0.489. The zero-order valence-corrected chi connectivity index (χ0v) is 18.9. The summed E-state index contributed by atoms with van der Waals surface area (Å²) in [4.78, 5) is 12.7. The lowest BCUT2D eigenvalue weighted by atomic mass is 9.76. The minimum absolute atomic E-state index is 0.159. The number of alkyl halides is 3. The fourth-order valence-electron chi connectivity index (χ4n) is 3.32. The van der Waals surface area contributed by atoms with Gasteiger partial charge in [0.1, 0.15) is 0 Å². The van der Waals surface area contributed by atoms with E-state index in [2.05, 4.69) is 5.32 Å². The van der Waals surface area contributed by atoms with E-state index in [1.807, 2.05) is 40.7 Å². The second-order valence-corrected chi connectivity index (χ2v) is 9.21. The summed E-state index contributed by atoms with van der Waals surface area (Å²) in [5.41, 5.74) is -2.14. The standard InChI is InChI=1S/C23H27BF3NO4/c1-14-17(24-31-20(2,3)21(4,5)32-24)8-7-9-18(14)28-19(29)15-10-12-16(13-11-15)22(6,30)23(25,26)27/h7-13,30H,1-6H3,(H,28,29). The number of nitrogens with one attached hydrogen (secondary N) is 1. The summed E-state index contributed by atoms with van der Waals surface area (Å²) < 4.78 is 51.3. The van der Waals surface area contributed by atoms with E-state index in [1.165, 1.54) is 12.1 Å². The molecule has 1 heterocycles. The van der Waals surface area contributed by atoms with Crippen LogP contribution in [0.2, 0.25) is 0 Å². The van der Waals surface area contributed by atoms with E-state index in [9.17, 15) is 23.1 Å². The van der Waals surface area contributed by atoms with Crippen molar-refractivity contribution >= 4 is 24.2 Å². The first-order valence-electron chi connectivity index (χ1n) is 10.2. The van der Waals surface area contributed by atoms with Crippen LogP contribution in [0.5, 0.6) is 0 Å². The van der Waals surface area contributed by atoms with Crippen LogP contribution in [0, 0.1) is 6.92 Å². The number of halogens is 3. The molecular weight excluding hydrogens is 422 g/mol. The molecule has 1 fully saturated rings. The van der Waals surface area contributed by atoms with Gasteiger partial charge in [0.25, 0.3) is 5.91 Å². The predicted octanol–water partition coefficient (Wildman–Crippen LogP) is 4.32. The Bertz CT molecular complexity index is 1000. The molecule has 0 bridgehead atoms. The summed E-state index contributed by atoms with van der Waals surface area (Å²) in [5, 5.41) is 12.6. The molecule has 3 rings (SSSR count). The van der Waals surface area contributed by atoms with E-state index in [1.54, 1.807) is 12.1 Å². The third kappa shape index (κ3) is 4.29. The van der Waals surface area contributed by atoms with Crippen LogP contribution >= 0.6 is 0 Å². The number of aliphatic hydroxyl groups is 1. The maximum Gasteiger partial charge on any atom is 0.495 e. The Balaban J connectivity index is 1.80. The van der Waals surface area contributed by atoms with Gasteiger partial charge in [-0.3, -0.25) is 4.79 Å². The average molecular weight is 449 g/mol. The van der Waals surface area contributed by atoms with E-state index < -0.39 is 36.0 Å². The molecule has 1 aliphatic heterocycles. The molecule has 1 atom stereocenters. The van der Waals surface area contributed by atoms with Crippen LogP contribution in [0.4, 0.5) is 18.9 Å². The van der Waals surface area contributed by atoms with Crippen LogP contribution in [0.15, 0.2) is 42.5 Å². The number of anilines is 1. The van der Waals surface area contributed by atoms with E-state index in [0.29, 0.717) is 12.6 Å². The molecule has 1 amide bonds. The summed E-state index contributed by atoms with van der Waals surface area (Å²) in [6, 6.07) is 10.0. The molecule has 1 aliphatic rings. The van der Waals surface area contributed by atoms with E-state index in [-0.39, 0.29) is 11.1 Å². The van der Waals surface area contributed by atoms with Crippen LogP contribution in [-0.4, -0.2) is 35.5 Å². The Labute approximate surface area is 186 Å². The summed E-state index contributed by atoms with van der Waals surface area (Å²) >= 11 is 0. The van der Waals surface area contributed by atoms with Gasteiger partial charge in [-0.05, 0) is 76.3 Å². The molecule has 0 aliphatic carbocycles. The minimum atomic E-state index is -4.83. The summed E-state index contributed by atoms with van der Waals surface area (Å²) in [6.45, 7) is 10.3. The molecule has 0 aromatic heterocycles. The molecule has 32 heavy (non-hydrogen) atoms. The van der Waals surface area contributed by atoms with E-state index in [4.69, 9.17) is 9.31 Å². The first-order chi connectivity index (χ1) is 14.6. The van der Waals surface area contributed by atoms with Crippen molar-refractivity contribution in [3.63, 3.8) is 0 Å². The highest BCUT2D eigenvalue weighted by Gasteiger charge is 2.52. The van der Waals surface area contributed by atoms with E-state index >= 15 is 0 Å². The molecule has 1 saturated heterocycles. The quantitative estimate of drug-likeness (QED) is 0.683. The minimum Gasteiger partial charge on any atom is -0.399 e. The Morgan fingerprint density at radius 3 is 2.03 bits per heavy atom. The molecule has 1 unspecified atom stereocenters. The van der Waals surface area contributed by atoms with E-state index in [0.717, 1.165) is 23.2 Å². The Kier molecular flexibility index (Phi) is 6.00. The van der Waals surface area contributed by atoms with Gasteiger partial charge in [0.2, 0.25) is 0 Å². The Morgan fingerprint density at radius 2 is 1.53 bits per heavy atom. The van der Waals surface area contributed by atoms with Gasteiger partial charge < -0.3 is 19.7 Å². The normalized spacial score (nSPS) is 19.5. The van der Waals surface area contributed by atoms with Gasteiger partial charge in [0.15, 0.2) is 5.60 Å². The average Bonchev–Trinajstić information content (AvgIpc) is 2.89. The first kappa shape index (κ1) is 24.3. The lowest BCUT2D eigenvalue weighted by molar-refractivity contribution is -0.258. The molecule has 2 N–H and O–H groups in total.